The number of hydrogen-bond acceptors (Lipinski definition) is 4. The molecule has 1 aliphatic rings. The van der Waals surface area contributed by atoms with Gasteiger partial charge in [0.25, 0.3) is 0 Å². The monoisotopic (exact) mass is 316 g/mol. The third-order valence-corrected chi connectivity index (χ3v) is 3.00. The average Bonchev–Trinajstić information content (AvgIpc) is 2.93. The highest BCUT2D eigenvalue weighted by Gasteiger charge is 2.32. The molecule has 0 fully saturated rings. The summed E-state index contributed by atoms with van der Waals surface area (Å²) in [5.74, 6) is -1.01. The summed E-state index contributed by atoms with van der Waals surface area (Å²) in [5.41, 5.74) is 1.69. The number of esters is 1. The van der Waals surface area contributed by atoms with Gasteiger partial charge >= 0.3 is 12.3 Å². The van der Waals surface area contributed by atoms with Crippen molar-refractivity contribution in [1.29, 1.82) is 0 Å². The number of carbonyl (C=O) groups is 1. The van der Waals surface area contributed by atoms with Crippen molar-refractivity contribution in [2.24, 2.45) is 0 Å². The van der Waals surface area contributed by atoms with E-state index in [0.717, 1.165) is 5.57 Å². The number of alkyl halides is 3. The lowest BCUT2D eigenvalue weighted by Crippen LogP contribution is -2.19. The average molecular weight is 316 g/mol. The zero-order valence-corrected chi connectivity index (χ0v) is 11.9. The summed E-state index contributed by atoms with van der Waals surface area (Å²) in [6.07, 6.45) is -3.27. The van der Waals surface area contributed by atoms with Crippen LogP contribution in [0.1, 0.15) is 18.1 Å². The van der Waals surface area contributed by atoms with Gasteiger partial charge in [0.1, 0.15) is 5.75 Å². The molecule has 0 saturated carbocycles. The van der Waals surface area contributed by atoms with Crippen LogP contribution in [0.15, 0.2) is 24.3 Å². The molecular formula is C15H15F3O4. The molecule has 0 N–H and O–H groups in total. The van der Waals surface area contributed by atoms with Gasteiger partial charge in [0, 0.05) is 5.56 Å². The van der Waals surface area contributed by atoms with E-state index in [-0.39, 0.29) is 18.6 Å². The first kappa shape index (κ1) is 16.4. The number of hydrogen-bond donors (Lipinski definition) is 0. The van der Waals surface area contributed by atoms with Gasteiger partial charge in [0.15, 0.2) is 0 Å². The van der Waals surface area contributed by atoms with Gasteiger partial charge in [0.05, 0.1) is 26.2 Å². The Balaban J connectivity index is 2.29. The summed E-state index contributed by atoms with van der Waals surface area (Å²) in [7, 11) is 0. The first-order valence-electron chi connectivity index (χ1n) is 6.70. The van der Waals surface area contributed by atoms with Crippen LogP contribution in [0.5, 0.6) is 5.75 Å². The van der Waals surface area contributed by atoms with Crippen molar-refractivity contribution in [2.75, 3.05) is 19.8 Å². The molecule has 0 atom stereocenters. The molecule has 2 rings (SSSR count). The maximum Gasteiger partial charge on any atom is 0.573 e. The van der Waals surface area contributed by atoms with Gasteiger partial charge < -0.3 is 14.2 Å². The van der Waals surface area contributed by atoms with Crippen LogP contribution in [0.3, 0.4) is 0 Å². The van der Waals surface area contributed by atoms with Crippen LogP contribution in [-0.4, -0.2) is 32.2 Å². The van der Waals surface area contributed by atoms with Crippen molar-refractivity contribution in [3.8, 4) is 5.75 Å². The SMILES string of the molecule is CCOC(=O)Cc1cc(C2=CCOC2)ccc1OC(F)(F)F. The molecule has 0 aliphatic carbocycles. The van der Waals surface area contributed by atoms with E-state index in [0.29, 0.717) is 18.8 Å². The zero-order chi connectivity index (χ0) is 16.2. The largest absolute Gasteiger partial charge is 0.573 e. The van der Waals surface area contributed by atoms with E-state index in [9.17, 15) is 18.0 Å². The van der Waals surface area contributed by atoms with Crippen molar-refractivity contribution < 1.29 is 32.2 Å². The van der Waals surface area contributed by atoms with Crippen molar-refractivity contribution in [3.63, 3.8) is 0 Å². The molecule has 120 valence electrons. The molecule has 4 nitrogen and oxygen atoms in total. The van der Waals surface area contributed by atoms with Crippen molar-refractivity contribution >= 4 is 11.5 Å². The number of rotatable bonds is 5. The van der Waals surface area contributed by atoms with Crippen LogP contribution in [0.4, 0.5) is 13.2 Å². The van der Waals surface area contributed by atoms with Crippen LogP contribution >= 0.6 is 0 Å². The second-order valence-corrected chi connectivity index (χ2v) is 4.60. The van der Waals surface area contributed by atoms with Gasteiger partial charge in [-0.3, -0.25) is 4.79 Å². The van der Waals surface area contributed by atoms with E-state index >= 15 is 0 Å². The Morgan fingerprint density at radius 3 is 2.73 bits per heavy atom. The predicted octanol–water partition coefficient (Wildman–Crippen LogP) is 3.10. The second kappa shape index (κ2) is 6.83. The Labute approximate surface area is 125 Å². The third kappa shape index (κ3) is 4.49. The highest BCUT2D eigenvalue weighted by Crippen LogP contribution is 2.30. The molecule has 22 heavy (non-hydrogen) atoms. The summed E-state index contributed by atoms with van der Waals surface area (Å²) < 4.78 is 51.3. The Hall–Kier alpha value is -2.02. The zero-order valence-electron chi connectivity index (χ0n) is 11.9. The van der Waals surface area contributed by atoms with Crippen LogP contribution in [0.2, 0.25) is 0 Å². The molecule has 1 aromatic rings. The van der Waals surface area contributed by atoms with Gasteiger partial charge in [-0.15, -0.1) is 13.2 Å². The second-order valence-electron chi connectivity index (χ2n) is 4.60. The van der Waals surface area contributed by atoms with E-state index in [1.807, 2.05) is 6.08 Å². The Bertz CT molecular complexity index is 579. The Kier molecular flexibility index (Phi) is 5.07. The highest BCUT2D eigenvalue weighted by molar-refractivity contribution is 5.75. The summed E-state index contributed by atoms with van der Waals surface area (Å²) in [5, 5.41) is 0. The fourth-order valence-corrected chi connectivity index (χ4v) is 2.10. The molecule has 0 aromatic heterocycles. The molecular weight excluding hydrogens is 301 g/mol. The normalized spacial score (nSPS) is 14.6. The van der Waals surface area contributed by atoms with Crippen LogP contribution < -0.4 is 4.74 Å². The lowest BCUT2D eigenvalue weighted by molar-refractivity contribution is -0.274. The molecule has 0 radical (unpaired) electrons. The van der Waals surface area contributed by atoms with Gasteiger partial charge in [0.2, 0.25) is 0 Å². The van der Waals surface area contributed by atoms with E-state index in [4.69, 9.17) is 9.47 Å². The molecule has 1 heterocycles. The first-order chi connectivity index (χ1) is 10.4. The smallest absolute Gasteiger partial charge is 0.466 e. The van der Waals surface area contributed by atoms with Crippen LogP contribution in [0.25, 0.3) is 5.57 Å². The van der Waals surface area contributed by atoms with Crippen molar-refractivity contribution in [3.05, 3.63) is 35.4 Å². The van der Waals surface area contributed by atoms with E-state index in [2.05, 4.69) is 4.74 Å². The van der Waals surface area contributed by atoms with E-state index in [1.165, 1.54) is 18.2 Å². The Morgan fingerprint density at radius 2 is 2.14 bits per heavy atom. The van der Waals surface area contributed by atoms with Gasteiger partial charge in [-0.25, -0.2) is 0 Å². The quantitative estimate of drug-likeness (QED) is 0.783. The summed E-state index contributed by atoms with van der Waals surface area (Å²) in [6, 6.07) is 4.21. The lowest BCUT2D eigenvalue weighted by Gasteiger charge is -2.14. The molecule has 0 bridgehead atoms. The first-order valence-corrected chi connectivity index (χ1v) is 6.70. The minimum atomic E-state index is -4.82. The van der Waals surface area contributed by atoms with E-state index in [1.54, 1.807) is 6.92 Å². The standard InChI is InChI=1S/C15H15F3O4/c1-2-21-14(19)8-12-7-10(11-5-6-20-9-11)3-4-13(12)22-15(16,17)18/h3-5,7H,2,6,8-9H2,1H3. The fourth-order valence-electron chi connectivity index (χ4n) is 2.10. The van der Waals surface area contributed by atoms with Crippen molar-refractivity contribution in [1.82, 2.24) is 0 Å². The molecule has 0 unspecified atom stereocenters. The Morgan fingerprint density at radius 1 is 1.36 bits per heavy atom. The summed E-state index contributed by atoms with van der Waals surface area (Å²) in [6.45, 7) is 2.64. The minimum absolute atomic E-state index is 0.126. The topological polar surface area (TPSA) is 44.8 Å². The molecule has 0 spiro atoms. The predicted molar refractivity (Wildman–Crippen MR) is 72.3 cm³/mol. The van der Waals surface area contributed by atoms with E-state index < -0.39 is 18.1 Å². The molecule has 0 saturated heterocycles. The fraction of sp³-hybridized carbons (Fsp3) is 0.400. The van der Waals surface area contributed by atoms with Gasteiger partial charge in [-0.2, -0.15) is 0 Å². The maximum absolute atomic E-state index is 12.4. The lowest BCUT2D eigenvalue weighted by atomic mass is 10.0. The van der Waals surface area contributed by atoms with Gasteiger partial charge in [-0.1, -0.05) is 12.1 Å². The highest BCUT2D eigenvalue weighted by atomic mass is 19.4. The summed E-state index contributed by atoms with van der Waals surface area (Å²) in [4.78, 5) is 11.6. The summed E-state index contributed by atoms with van der Waals surface area (Å²) >= 11 is 0. The van der Waals surface area contributed by atoms with Gasteiger partial charge in [-0.05, 0) is 30.2 Å². The van der Waals surface area contributed by atoms with Crippen LogP contribution in [-0.2, 0) is 20.7 Å². The molecule has 1 aromatic carbocycles. The van der Waals surface area contributed by atoms with Crippen molar-refractivity contribution in [2.45, 2.75) is 19.7 Å². The number of carbonyl (C=O) groups excluding carboxylic acids is 1. The minimum Gasteiger partial charge on any atom is -0.466 e. The third-order valence-electron chi connectivity index (χ3n) is 3.00. The van der Waals surface area contributed by atoms with Crippen LogP contribution in [0, 0.1) is 0 Å². The number of halogens is 3. The maximum atomic E-state index is 12.4. The molecule has 7 heteroatoms. The molecule has 1 aliphatic heterocycles. The molecule has 0 amide bonds. The number of ether oxygens (including phenoxy) is 3. The number of benzene rings is 1.